The van der Waals surface area contributed by atoms with E-state index in [4.69, 9.17) is 0 Å². The number of hydrogen-bond donors (Lipinski definition) is 0. The van der Waals surface area contributed by atoms with E-state index in [0.29, 0.717) is 5.69 Å². The van der Waals surface area contributed by atoms with Crippen molar-refractivity contribution in [2.24, 2.45) is 4.99 Å². The van der Waals surface area contributed by atoms with E-state index < -0.39 is 9.84 Å². The van der Waals surface area contributed by atoms with Gasteiger partial charge in [0.2, 0.25) is 9.84 Å². The summed E-state index contributed by atoms with van der Waals surface area (Å²) < 4.78 is 24.8. The van der Waals surface area contributed by atoms with Crippen LogP contribution >= 0.6 is 12.2 Å². The molecule has 0 unspecified atom stereocenters. The number of aliphatic imine (C=N–C) groups is 1. The molecule has 0 aliphatic rings. The summed E-state index contributed by atoms with van der Waals surface area (Å²) >= 11 is 4.52. The molecule has 0 aliphatic carbocycles. The molecule has 0 heterocycles. The van der Waals surface area contributed by atoms with E-state index >= 15 is 0 Å². The minimum Gasteiger partial charge on any atom is -0.218 e. The summed E-state index contributed by atoms with van der Waals surface area (Å²) in [4.78, 5) is 4.15. The smallest absolute Gasteiger partial charge is 0.208 e. The fourth-order valence-corrected chi connectivity index (χ4v) is 3.07. The molecular weight excluding hydrogens is 266 g/mol. The van der Waals surface area contributed by atoms with Crippen molar-refractivity contribution in [3.63, 3.8) is 0 Å². The maximum atomic E-state index is 12.4. The fourth-order valence-electron chi connectivity index (χ4n) is 1.55. The van der Waals surface area contributed by atoms with E-state index in [-0.39, 0.29) is 9.79 Å². The molecule has 0 atom stereocenters. The van der Waals surface area contributed by atoms with Crippen molar-refractivity contribution in [1.82, 2.24) is 0 Å². The van der Waals surface area contributed by atoms with Gasteiger partial charge in [-0.15, -0.1) is 0 Å². The molecule has 90 valence electrons. The van der Waals surface area contributed by atoms with Crippen molar-refractivity contribution >= 4 is 32.9 Å². The van der Waals surface area contributed by atoms with Crippen LogP contribution in [0.3, 0.4) is 0 Å². The molecule has 0 fully saturated rings. The van der Waals surface area contributed by atoms with Crippen LogP contribution in [-0.2, 0) is 9.84 Å². The Kier molecular flexibility index (Phi) is 3.67. The highest BCUT2D eigenvalue weighted by atomic mass is 32.2. The van der Waals surface area contributed by atoms with Crippen LogP contribution in [0.4, 0.5) is 5.69 Å². The Balaban J connectivity index is 2.66. The number of nitrogens with zero attached hydrogens (tertiary/aromatic N) is 1. The van der Waals surface area contributed by atoms with Crippen LogP contribution in [0.1, 0.15) is 0 Å². The van der Waals surface area contributed by atoms with Crippen molar-refractivity contribution in [2.45, 2.75) is 9.79 Å². The molecule has 5 heteroatoms. The highest BCUT2D eigenvalue weighted by Gasteiger charge is 2.20. The van der Waals surface area contributed by atoms with Gasteiger partial charge in [0.25, 0.3) is 0 Å². The van der Waals surface area contributed by atoms with Gasteiger partial charge < -0.3 is 0 Å². The van der Waals surface area contributed by atoms with E-state index in [9.17, 15) is 8.42 Å². The first-order valence-electron chi connectivity index (χ1n) is 5.13. The van der Waals surface area contributed by atoms with Crippen LogP contribution in [-0.4, -0.2) is 13.6 Å². The zero-order chi connectivity index (χ0) is 13.0. The molecule has 18 heavy (non-hydrogen) atoms. The minimum absolute atomic E-state index is 0.133. The lowest BCUT2D eigenvalue weighted by molar-refractivity contribution is 0.596. The normalized spacial score (nSPS) is 10.7. The van der Waals surface area contributed by atoms with Crippen LogP contribution in [0.5, 0.6) is 0 Å². The number of isothiocyanates is 1. The zero-order valence-corrected chi connectivity index (χ0v) is 10.9. The number of para-hydroxylation sites is 1. The predicted octanol–water partition coefficient (Wildman–Crippen LogP) is 3.25. The van der Waals surface area contributed by atoms with Crippen molar-refractivity contribution in [3.05, 3.63) is 54.6 Å². The first-order chi connectivity index (χ1) is 8.66. The van der Waals surface area contributed by atoms with E-state index in [0.717, 1.165) is 0 Å². The first-order valence-corrected chi connectivity index (χ1v) is 7.02. The standard InChI is InChI=1S/C13H9NO2S2/c15-18(16,11-6-2-1-3-7-11)13-9-5-4-8-12(13)14-10-17/h1-9H. The van der Waals surface area contributed by atoms with Crippen molar-refractivity contribution in [2.75, 3.05) is 0 Å². The van der Waals surface area contributed by atoms with Gasteiger partial charge in [-0.2, -0.15) is 4.99 Å². The Labute approximate surface area is 111 Å². The quantitative estimate of drug-likeness (QED) is 0.638. The van der Waals surface area contributed by atoms with Gasteiger partial charge in [-0.05, 0) is 36.5 Å². The Morgan fingerprint density at radius 3 is 2.22 bits per heavy atom. The fraction of sp³-hybridized carbons (Fsp3) is 0. The Hall–Kier alpha value is -1.81. The lowest BCUT2D eigenvalue weighted by Crippen LogP contribution is -2.01. The Bertz CT molecular complexity index is 703. The molecule has 2 aromatic rings. The molecule has 0 saturated heterocycles. The van der Waals surface area contributed by atoms with Crippen molar-refractivity contribution in [1.29, 1.82) is 0 Å². The summed E-state index contributed by atoms with van der Waals surface area (Å²) in [5.41, 5.74) is 0.302. The molecule has 0 saturated carbocycles. The highest BCUT2D eigenvalue weighted by molar-refractivity contribution is 7.91. The molecule has 0 aromatic heterocycles. The van der Waals surface area contributed by atoms with Crippen LogP contribution in [0.15, 0.2) is 69.4 Å². The number of sulfone groups is 1. The molecule has 0 spiro atoms. The van der Waals surface area contributed by atoms with Gasteiger partial charge in [0.1, 0.15) is 0 Å². The second-order valence-electron chi connectivity index (χ2n) is 3.49. The van der Waals surface area contributed by atoms with Gasteiger partial charge >= 0.3 is 0 Å². The third-order valence-corrected chi connectivity index (χ3v) is 4.28. The molecular formula is C13H9NO2S2. The summed E-state index contributed by atoms with van der Waals surface area (Å²) in [6.07, 6.45) is 0. The van der Waals surface area contributed by atoms with Gasteiger partial charge in [0.05, 0.1) is 20.6 Å². The molecule has 0 radical (unpaired) electrons. The van der Waals surface area contributed by atoms with Crippen molar-refractivity contribution < 1.29 is 8.42 Å². The van der Waals surface area contributed by atoms with Gasteiger partial charge in [-0.1, -0.05) is 30.3 Å². The summed E-state index contributed by atoms with van der Waals surface area (Å²) in [6.45, 7) is 0. The van der Waals surface area contributed by atoms with Crippen LogP contribution in [0, 0.1) is 0 Å². The van der Waals surface area contributed by atoms with Gasteiger partial charge in [0, 0.05) is 0 Å². The maximum absolute atomic E-state index is 12.4. The topological polar surface area (TPSA) is 46.5 Å². The van der Waals surface area contributed by atoms with Crippen LogP contribution < -0.4 is 0 Å². The van der Waals surface area contributed by atoms with E-state index in [1.165, 1.54) is 6.07 Å². The zero-order valence-electron chi connectivity index (χ0n) is 9.28. The third kappa shape index (κ3) is 2.38. The Morgan fingerprint density at radius 1 is 0.944 bits per heavy atom. The van der Waals surface area contributed by atoms with Crippen LogP contribution in [0.2, 0.25) is 0 Å². The molecule has 0 aliphatic heterocycles. The van der Waals surface area contributed by atoms with Crippen molar-refractivity contribution in [3.8, 4) is 0 Å². The van der Waals surface area contributed by atoms with E-state index in [1.54, 1.807) is 48.5 Å². The summed E-state index contributed by atoms with van der Waals surface area (Å²) in [5.74, 6) is 0. The maximum Gasteiger partial charge on any atom is 0.208 e. The average molecular weight is 275 g/mol. The number of rotatable bonds is 3. The number of hydrogen-bond acceptors (Lipinski definition) is 4. The molecule has 3 nitrogen and oxygen atoms in total. The number of benzene rings is 2. The minimum atomic E-state index is -3.57. The molecule has 0 N–H and O–H groups in total. The van der Waals surface area contributed by atoms with Gasteiger partial charge in [-0.25, -0.2) is 8.42 Å². The Morgan fingerprint density at radius 2 is 1.56 bits per heavy atom. The monoisotopic (exact) mass is 275 g/mol. The number of thiocarbonyl (C=S) groups is 1. The largest absolute Gasteiger partial charge is 0.218 e. The van der Waals surface area contributed by atoms with Gasteiger partial charge in [0.15, 0.2) is 0 Å². The molecule has 0 amide bonds. The average Bonchev–Trinajstić information content (AvgIpc) is 2.41. The highest BCUT2D eigenvalue weighted by Crippen LogP contribution is 2.28. The summed E-state index contributed by atoms with van der Waals surface area (Å²) in [5, 5.41) is 2.19. The summed E-state index contributed by atoms with van der Waals surface area (Å²) in [6, 6.07) is 14.7. The SMILES string of the molecule is O=S(=O)(c1ccccc1)c1ccccc1N=C=S. The molecule has 2 aromatic carbocycles. The summed E-state index contributed by atoms with van der Waals surface area (Å²) in [7, 11) is -3.57. The second kappa shape index (κ2) is 5.23. The van der Waals surface area contributed by atoms with E-state index in [2.05, 4.69) is 22.4 Å². The van der Waals surface area contributed by atoms with Crippen LogP contribution in [0.25, 0.3) is 0 Å². The lowest BCUT2D eigenvalue weighted by Gasteiger charge is -2.06. The predicted molar refractivity (Wildman–Crippen MR) is 73.0 cm³/mol. The van der Waals surface area contributed by atoms with Gasteiger partial charge in [-0.3, -0.25) is 0 Å². The molecule has 2 rings (SSSR count). The van der Waals surface area contributed by atoms with E-state index in [1.807, 2.05) is 0 Å². The molecule has 0 bridgehead atoms. The third-order valence-electron chi connectivity index (χ3n) is 2.37. The lowest BCUT2D eigenvalue weighted by atomic mass is 10.3. The first kappa shape index (κ1) is 12.6. The second-order valence-corrected chi connectivity index (χ2v) is 5.59.